The Morgan fingerprint density at radius 1 is 1.12 bits per heavy atom. The molecular weight excluding hydrogens is 442 g/mol. The Morgan fingerprint density at radius 2 is 1.88 bits per heavy atom. The molecule has 34 heavy (non-hydrogen) atoms. The van der Waals surface area contributed by atoms with Crippen LogP contribution in [0.2, 0.25) is 0 Å². The summed E-state index contributed by atoms with van der Waals surface area (Å²) >= 11 is 0. The van der Waals surface area contributed by atoms with Crippen molar-refractivity contribution in [1.29, 1.82) is 0 Å². The number of carbonyl (C=O) groups is 1. The Kier molecular flexibility index (Phi) is 5.52. The van der Waals surface area contributed by atoms with Crippen LogP contribution in [-0.4, -0.2) is 40.8 Å². The lowest BCUT2D eigenvalue weighted by atomic mass is 10.1. The van der Waals surface area contributed by atoms with Crippen LogP contribution in [0.25, 0.3) is 5.69 Å². The number of aromatic nitrogens is 2. The van der Waals surface area contributed by atoms with Gasteiger partial charge in [-0.25, -0.2) is 13.8 Å². The summed E-state index contributed by atoms with van der Waals surface area (Å²) in [4.78, 5) is 27.7. The monoisotopic (exact) mass is 466 g/mol. The lowest BCUT2D eigenvalue weighted by molar-refractivity contribution is 0.102. The van der Waals surface area contributed by atoms with Crippen LogP contribution in [0.15, 0.2) is 47.3 Å². The number of rotatable bonds is 4. The number of para-hydroxylation sites is 1. The molecule has 2 aromatic carbocycles. The average Bonchev–Trinajstić information content (AvgIpc) is 3.39. The van der Waals surface area contributed by atoms with Gasteiger partial charge in [-0.15, -0.1) is 0 Å². The van der Waals surface area contributed by atoms with Crippen LogP contribution in [0.4, 0.5) is 25.8 Å². The van der Waals surface area contributed by atoms with Crippen LogP contribution in [0.5, 0.6) is 0 Å². The van der Waals surface area contributed by atoms with E-state index in [2.05, 4.69) is 27.7 Å². The molecule has 3 heterocycles. The van der Waals surface area contributed by atoms with Gasteiger partial charge >= 0.3 is 0 Å². The van der Waals surface area contributed by atoms with Gasteiger partial charge in [0, 0.05) is 38.3 Å². The molecule has 0 spiro atoms. The lowest BCUT2D eigenvalue weighted by Gasteiger charge is -2.25. The average molecular weight is 466 g/mol. The van der Waals surface area contributed by atoms with Crippen molar-refractivity contribution in [2.75, 3.05) is 35.8 Å². The molecule has 3 aromatic rings. The maximum absolute atomic E-state index is 14.3. The second-order valence-electron chi connectivity index (χ2n) is 8.79. The van der Waals surface area contributed by atoms with Gasteiger partial charge in [0.1, 0.15) is 11.4 Å². The van der Waals surface area contributed by atoms with E-state index in [4.69, 9.17) is 0 Å². The topological polar surface area (TPSA) is 82.5 Å². The summed E-state index contributed by atoms with van der Waals surface area (Å²) in [7, 11) is 1.95. The summed E-state index contributed by atoms with van der Waals surface area (Å²) in [5.74, 6) is -1.95. The molecule has 1 aromatic heterocycles. The molecule has 0 aliphatic carbocycles. The zero-order valence-corrected chi connectivity index (χ0v) is 18.8. The quantitative estimate of drug-likeness (QED) is 0.614. The number of halogens is 2. The standard InChI is InChI=1S/C24H24F2N6O2/c1-14-10-11-31(12-14)22-15-13-30(2)28-18(15)6-7-19(22)27-24(34)20-8-9-21(33)32(29-20)23-16(25)4-3-5-17(23)26/h3-9,14,28H,10-13H2,1-2H3,(H,27,34)/t14-/m0/s1. The second-order valence-corrected chi connectivity index (χ2v) is 8.79. The van der Waals surface area contributed by atoms with E-state index >= 15 is 0 Å². The largest absolute Gasteiger partial charge is 0.369 e. The number of anilines is 3. The van der Waals surface area contributed by atoms with Crippen molar-refractivity contribution >= 4 is 23.0 Å². The van der Waals surface area contributed by atoms with Crippen LogP contribution in [-0.2, 0) is 6.54 Å². The maximum Gasteiger partial charge on any atom is 0.276 e. The van der Waals surface area contributed by atoms with Crippen molar-refractivity contribution in [2.45, 2.75) is 19.9 Å². The molecule has 10 heteroatoms. The number of benzene rings is 2. The normalized spacial score (nSPS) is 17.5. The number of hydrazine groups is 1. The molecule has 2 N–H and O–H groups in total. The second kappa shape index (κ2) is 8.53. The summed E-state index contributed by atoms with van der Waals surface area (Å²) in [5.41, 5.74) is 5.41. The third-order valence-electron chi connectivity index (χ3n) is 6.16. The van der Waals surface area contributed by atoms with Gasteiger partial charge in [0.2, 0.25) is 0 Å². The number of nitrogens with zero attached hydrogens (tertiary/aromatic N) is 4. The zero-order chi connectivity index (χ0) is 24.0. The maximum atomic E-state index is 14.3. The summed E-state index contributed by atoms with van der Waals surface area (Å²) in [6.45, 7) is 4.62. The molecule has 8 nitrogen and oxygen atoms in total. The molecule has 0 saturated carbocycles. The first kappa shape index (κ1) is 22.0. The SMILES string of the molecule is C[C@H]1CCN(c2c(NC(=O)c3ccc(=O)n(-c4c(F)cccc4F)n3)ccc3c2CN(C)N3)C1. The third-order valence-corrected chi connectivity index (χ3v) is 6.16. The van der Waals surface area contributed by atoms with E-state index in [1.165, 1.54) is 12.1 Å². The minimum atomic E-state index is -0.951. The molecule has 0 bridgehead atoms. The van der Waals surface area contributed by atoms with Gasteiger partial charge in [-0.2, -0.15) is 9.78 Å². The Morgan fingerprint density at radius 3 is 2.59 bits per heavy atom. The highest BCUT2D eigenvalue weighted by Gasteiger charge is 2.29. The fraction of sp³-hybridized carbons (Fsp3) is 0.292. The minimum absolute atomic E-state index is 0.140. The van der Waals surface area contributed by atoms with E-state index in [-0.39, 0.29) is 5.69 Å². The molecule has 176 valence electrons. The molecule has 1 atom stereocenters. The van der Waals surface area contributed by atoms with Crippen LogP contribution >= 0.6 is 0 Å². The number of hydrogen-bond donors (Lipinski definition) is 2. The van der Waals surface area contributed by atoms with Gasteiger partial charge in [0.05, 0.1) is 17.1 Å². The Hall–Kier alpha value is -3.79. The molecule has 1 fully saturated rings. The predicted octanol–water partition coefficient (Wildman–Crippen LogP) is 3.38. The first-order valence-electron chi connectivity index (χ1n) is 11.1. The predicted molar refractivity (Wildman–Crippen MR) is 125 cm³/mol. The van der Waals surface area contributed by atoms with E-state index < -0.39 is 28.8 Å². The van der Waals surface area contributed by atoms with Crippen LogP contribution < -0.4 is 21.2 Å². The molecule has 1 amide bonds. The van der Waals surface area contributed by atoms with Crippen LogP contribution in [0.1, 0.15) is 29.4 Å². The summed E-state index contributed by atoms with van der Waals surface area (Å²) in [6, 6.07) is 9.28. The smallest absolute Gasteiger partial charge is 0.276 e. The van der Waals surface area contributed by atoms with Crippen LogP contribution in [0, 0.1) is 17.6 Å². The number of hydrogen-bond acceptors (Lipinski definition) is 6. The van der Waals surface area contributed by atoms with E-state index in [1.807, 2.05) is 24.2 Å². The van der Waals surface area contributed by atoms with Crippen molar-refractivity contribution in [3.8, 4) is 5.69 Å². The van der Waals surface area contributed by atoms with Gasteiger partial charge in [0.15, 0.2) is 11.6 Å². The Bertz CT molecular complexity index is 1320. The fourth-order valence-electron chi connectivity index (χ4n) is 4.55. The van der Waals surface area contributed by atoms with Crippen molar-refractivity contribution in [2.24, 2.45) is 5.92 Å². The van der Waals surface area contributed by atoms with Gasteiger partial charge in [0.25, 0.3) is 11.5 Å². The van der Waals surface area contributed by atoms with Crippen molar-refractivity contribution in [3.05, 3.63) is 75.7 Å². The van der Waals surface area contributed by atoms with Crippen molar-refractivity contribution in [3.63, 3.8) is 0 Å². The first-order valence-corrected chi connectivity index (χ1v) is 11.1. The minimum Gasteiger partial charge on any atom is -0.369 e. The zero-order valence-electron chi connectivity index (χ0n) is 18.8. The molecule has 2 aliphatic heterocycles. The van der Waals surface area contributed by atoms with E-state index in [9.17, 15) is 18.4 Å². The molecule has 0 radical (unpaired) electrons. The van der Waals surface area contributed by atoms with E-state index in [0.717, 1.165) is 54.6 Å². The summed E-state index contributed by atoms with van der Waals surface area (Å²) in [6.07, 6.45) is 1.06. The molecular formula is C24H24F2N6O2. The van der Waals surface area contributed by atoms with Crippen molar-refractivity contribution < 1.29 is 13.6 Å². The Balaban J connectivity index is 1.51. The van der Waals surface area contributed by atoms with Crippen molar-refractivity contribution in [1.82, 2.24) is 14.8 Å². The Labute approximate surface area is 194 Å². The van der Waals surface area contributed by atoms with E-state index in [0.29, 0.717) is 22.8 Å². The number of carbonyl (C=O) groups excluding carboxylic acids is 1. The third kappa shape index (κ3) is 3.90. The number of fused-ring (bicyclic) bond motifs is 1. The number of nitrogens with one attached hydrogen (secondary N) is 2. The number of amides is 1. The molecule has 1 saturated heterocycles. The molecule has 5 rings (SSSR count). The fourth-order valence-corrected chi connectivity index (χ4v) is 4.55. The lowest BCUT2D eigenvalue weighted by Crippen LogP contribution is -2.27. The van der Waals surface area contributed by atoms with E-state index in [1.54, 1.807) is 0 Å². The molecule has 2 aliphatic rings. The highest BCUT2D eigenvalue weighted by molar-refractivity contribution is 6.05. The van der Waals surface area contributed by atoms with Gasteiger partial charge in [-0.05, 0) is 42.7 Å². The summed E-state index contributed by atoms with van der Waals surface area (Å²) < 4.78 is 29.1. The van der Waals surface area contributed by atoms with Gasteiger partial charge in [-0.1, -0.05) is 13.0 Å². The van der Waals surface area contributed by atoms with Gasteiger partial charge < -0.3 is 15.6 Å². The van der Waals surface area contributed by atoms with Crippen LogP contribution in [0.3, 0.4) is 0 Å². The first-order chi connectivity index (χ1) is 16.3. The van der Waals surface area contributed by atoms with Gasteiger partial charge in [-0.3, -0.25) is 9.59 Å². The highest BCUT2D eigenvalue weighted by atomic mass is 19.1. The summed E-state index contributed by atoms with van der Waals surface area (Å²) in [5, 5.41) is 8.83. The molecule has 0 unspecified atom stereocenters. The highest BCUT2D eigenvalue weighted by Crippen LogP contribution is 2.41.